The molecule has 0 bridgehead atoms. The fraction of sp³-hybridized carbons (Fsp3) is 0.167. The first-order chi connectivity index (χ1) is 15.6. The molecule has 1 aromatic carbocycles. The van der Waals surface area contributed by atoms with Crippen molar-refractivity contribution in [1.29, 1.82) is 5.26 Å². The molecule has 0 radical (unpaired) electrons. The highest BCUT2D eigenvalue weighted by atomic mass is 16.1. The molecule has 0 aliphatic heterocycles. The second-order valence-electron chi connectivity index (χ2n) is 7.20. The predicted octanol–water partition coefficient (Wildman–Crippen LogP) is 3.28. The molecule has 2 N–H and O–H groups in total. The van der Waals surface area contributed by atoms with Crippen LogP contribution in [0.4, 0.5) is 5.82 Å². The average molecular weight is 423 g/mol. The molecule has 1 amide bonds. The zero-order valence-corrected chi connectivity index (χ0v) is 17.8. The number of aromatic nitrogens is 4. The lowest BCUT2D eigenvalue weighted by atomic mass is 9.99. The Morgan fingerprint density at radius 3 is 2.72 bits per heavy atom. The smallest absolute Gasteiger partial charge is 0.253 e. The van der Waals surface area contributed by atoms with Gasteiger partial charge in [-0.15, -0.1) is 0 Å². The van der Waals surface area contributed by atoms with Crippen LogP contribution in [-0.4, -0.2) is 39.4 Å². The van der Waals surface area contributed by atoms with Crippen LogP contribution in [0.5, 0.6) is 0 Å². The normalized spacial score (nSPS) is 10.5. The van der Waals surface area contributed by atoms with Crippen LogP contribution in [-0.2, 0) is 6.42 Å². The molecular formula is C24H21N7O. The number of amides is 1. The van der Waals surface area contributed by atoms with Crippen molar-refractivity contribution < 1.29 is 4.79 Å². The van der Waals surface area contributed by atoms with E-state index in [1.54, 1.807) is 13.2 Å². The first-order valence-electron chi connectivity index (χ1n) is 10.1. The Balaban J connectivity index is 1.54. The molecule has 32 heavy (non-hydrogen) atoms. The van der Waals surface area contributed by atoms with Gasteiger partial charge in [0.25, 0.3) is 5.91 Å². The van der Waals surface area contributed by atoms with Gasteiger partial charge in [-0.3, -0.25) is 14.8 Å². The third-order valence-electron chi connectivity index (χ3n) is 5.13. The van der Waals surface area contributed by atoms with E-state index in [0.717, 1.165) is 22.5 Å². The summed E-state index contributed by atoms with van der Waals surface area (Å²) >= 11 is 0. The topological polar surface area (TPSA) is 116 Å². The van der Waals surface area contributed by atoms with Gasteiger partial charge in [0.1, 0.15) is 18.2 Å². The molecule has 3 heterocycles. The summed E-state index contributed by atoms with van der Waals surface area (Å²) in [5, 5.41) is 16.0. The number of rotatable bonds is 6. The molecule has 4 rings (SSSR count). The molecule has 3 aromatic heterocycles. The van der Waals surface area contributed by atoms with Crippen molar-refractivity contribution in [3.63, 3.8) is 0 Å². The van der Waals surface area contributed by atoms with Gasteiger partial charge in [-0.05, 0) is 31.0 Å². The molecule has 0 aliphatic rings. The van der Waals surface area contributed by atoms with Crippen molar-refractivity contribution in [1.82, 2.24) is 25.3 Å². The third kappa shape index (κ3) is 4.23. The van der Waals surface area contributed by atoms with E-state index in [4.69, 9.17) is 0 Å². The summed E-state index contributed by atoms with van der Waals surface area (Å²) in [6.45, 7) is 2.55. The van der Waals surface area contributed by atoms with Crippen molar-refractivity contribution in [2.24, 2.45) is 0 Å². The number of aryl methyl sites for hydroxylation is 1. The molecule has 0 spiro atoms. The lowest BCUT2D eigenvalue weighted by Gasteiger charge is -2.11. The Kier molecular flexibility index (Phi) is 5.99. The first kappa shape index (κ1) is 20.9. The minimum Gasteiger partial charge on any atom is -0.370 e. The Hall–Kier alpha value is -4.38. The quantitative estimate of drug-likeness (QED) is 0.489. The maximum Gasteiger partial charge on any atom is 0.253 e. The minimum atomic E-state index is -0.302. The van der Waals surface area contributed by atoms with E-state index in [1.807, 2.05) is 43.3 Å². The fourth-order valence-corrected chi connectivity index (χ4v) is 3.50. The van der Waals surface area contributed by atoms with Crippen LogP contribution in [0.1, 0.15) is 27.2 Å². The first-order valence-corrected chi connectivity index (χ1v) is 10.1. The second-order valence-corrected chi connectivity index (χ2v) is 7.20. The lowest BCUT2D eigenvalue weighted by Crippen LogP contribution is -2.20. The number of pyridine rings is 2. The number of carbonyl (C=O) groups is 1. The molecule has 8 heteroatoms. The van der Waals surface area contributed by atoms with Crippen LogP contribution in [0, 0.1) is 18.3 Å². The van der Waals surface area contributed by atoms with Crippen molar-refractivity contribution in [3.8, 4) is 17.3 Å². The van der Waals surface area contributed by atoms with E-state index in [2.05, 4.69) is 36.6 Å². The zero-order valence-electron chi connectivity index (χ0n) is 17.8. The molecule has 0 unspecified atom stereocenters. The second kappa shape index (κ2) is 9.18. The number of fused-ring (bicyclic) bond motifs is 1. The van der Waals surface area contributed by atoms with Gasteiger partial charge in [-0.25, -0.2) is 9.97 Å². The molecule has 0 saturated carbocycles. The van der Waals surface area contributed by atoms with E-state index in [9.17, 15) is 10.1 Å². The Bertz CT molecular complexity index is 1330. The molecule has 0 aliphatic carbocycles. The number of nitriles is 1. The molecular weight excluding hydrogens is 402 g/mol. The lowest BCUT2D eigenvalue weighted by molar-refractivity contribution is 0.0964. The van der Waals surface area contributed by atoms with Gasteiger partial charge < -0.3 is 10.6 Å². The number of benzene rings is 1. The summed E-state index contributed by atoms with van der Waals surface area (Å²) < 4.78 is 0. The number of para-hydroxylation sites is 1. The van der Waals surface area contributed by atoms with Gasteiger partial charge >= 0.3 is 0 Å². The van der Waals surface area contributed by atoms with Crippen LogP contribution in [0.3, 0.4) is 0 Å². The number of carbonyl (C=O) groups excluding carboxylic acids is 1. The molecule has 8 nitrogen and oxygen atoms in total. The summed E-state index contributed by atoms with van der Waals surface area (Å²) in [7, 11) is 1.55. The largest absolute Gasteiger partial charge is 0.370 e. The summed E-state index contributed by atoms with van der Waals surface area (Å²) in [6, 6.07) is 13.5. The Morgan fingerprint density at radius 2 is 1.97 bits per heavy atom. The maximum atomic E-state index is 12.4. The molecule has 0 saturated heterocycles. The maximum absolute atomic E-state index is 12.4. The molecule has 0 atom stereocenters. The SMILES string of the molecule is CNC(=O)c1c(C#N)cnc2c(CCNc3cc(-c4ccc(C)nc4)ncn3)cccc12. The number of nitrogens with one attached hydrogen (secondary N) is 2. The summed E-state index contributed by atoms with van der Waals surface area (Å²) in [6.07, 6.45) is 5.43. The number of hydrogen-bond donors (Lipinski definition) is 2. The van der Waals surface area contributed by atoms with Crippen molar-refractivity contribution >= 4 is 22.6 Å². The summed E-state index contributed by atoms with van der Waals surface area (Å²) in [5.41, 5.74) is 4.96. The third-order valence-corrected chi connectivity index (χ3v) is 5.13. The van der Waals surface area contributed by atoms with Crippen LogP contribution < -0.4 is 10.6 Å². The zero-order chi connectivity index (χ0) is 22.5. The van der Waals surface area contributed by atoms with Gasteiger partial charge in [-0.2, -0.15) is 5.26 Å². The van der Waals surface area contributed by atoms with E-state index in [-0.39, 0.29) is 11.5 Å². The van der Waals surface area contributed by atoms with E-state index in [0.29, 0.717) is 35.2 Å². The Labute approximate surface area is 185 Å². The fourth-order valence-electron chi connectivity index (χ4n) is 3.50. The number of hydrogen-bond acceptors (Lipinski definition) is 7. The monoisotopic (exact) mass is 423 g/mol. The molecule has 4 aromatic rings. The van der Waals surface area contributed by atoms with E-state index in [1.165, 1.54) is 12.5 Å². The van der Waals surface area contributed by atoms with Gasteiger partial charge in [0.05, 0.1) is 22.3 Å². The summed E-state index contributed by atoms with van der Waals surface area (Å²) in [5.74, 6) is 0.407. The van der Waals surface area contributed by atoms with Crippen LogP contribution in [0.15, 0.2) is 55.1 Å². The number of nitrogens with zero attached hydrogens (tertiary/aromatic N) is 5. The Morgan fingerprint density at radius 1 is 1.09 bits per heavy atom. The van der Waals surface area contributed by atoms with Crippen LogP contribution >= 0.6 is 0 Å². The van der Waals surface area contributed by atoms with E-state index >= 15 is 0 Å². The van der Waals surface area contributed by atoms with Gasteiger partial charge in [0.15, 0.2) is 0 Å². The van der Waals surface area contributed by atoms with Crippen LogP contribution in [0.25, 0.3) is 22.2 Å². The highest BCUT2D eigenvalue weighted by Gasteiger charge is 2.16. The standard InChI is InChI=1S/C24H21N7O/c1-15-6-7-17(12-28-15)20-10-21(31-14-30-20)27-9-8-16-4-3-5-19-22(24(32)26-2)18(11-25)13-29-23(16)19/h3-7,10,12-14H,8-9H2,1-2H3,(H,26,32)(H,27,30,31). The summed E-state index contributed by atoms with van der Waals surface area (Å²) in [4.78, 5) is 29.8. The van der Waals surface area contributed by atoms with E-state index < -0.39 is 0 Å². The number of anilines is 1. The van der Waals surface area contributed by atoms with Crippen molar-refractivity contribution in [2.45, 2.75) is 13.3 Å². The van der Waals surface area contributed by atoms with Gasteiger partial charge in [0, 0.05) is 48.7 Å². The van der Waals surface area contributed by atoms with Crippen molar-refractivity contribution in [2.75, 3.05) is 18.9 Å². The highest BCUT2D eigenvalue weighted by molar-refractivity contribution is 6.08. The predicted molar refractivity (Wildman–Crippen MR) is 122 cm³/mol. The van der Waals surface area contributed by atoms with Crippen LogP contribution in [0.2, 0.25) is 0 Å². The van der Waals surface area contributed by atoms with Crippen molar-refractivity contribution in [3.05, 3.63) is 77.5 Å². The molecule has 0 fully saturated rings. The highest BCUT2D eigenvalue weighted by Crippen LogP contribution is 2.24. The van der Waals surface area contributed by atoms with Gasteiger partial charge in [0.2, 0.25) is 0 Å². The molecule has 158 valence electrons. The average Bonchev–Trinajstić information content (AvgIpc) is 2.83. The van der Waals surface area contributed by atoms with Gasteiger partial charge in [-0.1, -0.05) is 18.2 Å². The minimum absolute atomic E-state index is 0.256.